The van der Waals surface area contributed by atoms with E-state index in [9.17, 15) is 18.0 Å². The van der Waals surface area contributed by atoms with Crippen LogP contribution in [0.1, 0.15) is 62.5 Å². The van der Waals surface area contributed by atoms with Gasteiger partial charge in [-0.05, 0) is 88.6 Å². The van der Waals surface area contributed by atoms with Gasteiger partial charge in [-0.25, -0.2) is 0 Å². The molecule has 336 valence electrons. The normalized spacial score (nSPS) is 29.6. The van der Waals surface area contributed by atoms with E-state index in [1.54, 1.807) is 12.1 Å². The first kappa shape index (κ1) is 47.8. The Hall–Kier alpha value is -2.22. The second-order valence-electron chi connectivity index (χ2n) is 17.1. The first-order chi connectivity index (χ1) is 28.7. The number of rotatable bonds is 3. The lowest BCUT2D eigenvalue weighted by Gasteiger charge is -2.44. The topological polar surface area (TPSA) is 158 Å². The smallest absolute Gasteiger partial charge is 0.368 e. The van der Waals surface area contributed by atoms with Crippen LogP contribution in [0.15, 0.2) is 36.4 Å². The highest BCUT2D eigenvalue weighted by Crippen LogP contribution is 2.32. The van der Waals surface area contributed by atoms with Crippen LogP contribution < -0.4 is 53.6 Å². The minimum Gasteiger partial charge on any atom is -0.368 e. The maximum absolute atomic E-state index is 13.4. The number of alkyl halides is 3. The first-order valence-electron chi connectivity index (χ1n) is 22.8. The van der Waals surface area contributed by atoms with Crippen molar-refractivity contribution in [3.63, 3.8) is 0 Å². The fourth-order valence-electron chi connectivity index (χ4n) is 8.89. The van der Waals surface area contributed by atoms with Crippen LogP contribution in [0.5, 0.6) is 0 Å². The Kier molecular flexibility index (Phi) is 21.3. The minimum atomic E-state index is -4.34. The third-order valence-electron chi connectivity index (χ3n) is 12.7. The highest BCUT2D eigenvalue weighted by molar-refractivity contribution is 5.79. The van der Waals surface area contributed by atoms with Gasteiger partial charge in [-0.15, -0.1) is 0 Å². The van der Waals surface area contributed by atoms with Gasteiger partial charge < -0.3 is 53.6 Å². The third-order valence-corrected chi connectivity index (χ3v) is 12.7. The van der Waals surface area contributed by atoms with Crippen LogP contribution in [-0.4, -0.2) is 170 Å². The van der Waals surface area contributed by atoms with Crippen LogP contribution in [-0.2, 0) is 17.4 Å². The van der Waals surface area contributed by atoms with Crippen molar-refractivity contribution < 1.29 is 18.0 Å². The van der Waals surface area contributed by atoms with Gasteiger partial charge in [0.1, 0.15) is 0 Å². The van der Waals surface area contributed by atoms with E-state index in [0.717, 1.165) is 136 Å². The molecule has 16 heteroatoms. The molecular weight excluding hydrogens is 758 g/mol. The third kappa shape index (κ3) is 17.6. The number of halogens is 3. The van der Waals surface area contributed by atoms with Crippen LogP contribution in [0.2, 0.25) is 0 Å². The van der Waals surface area contributed by atoms with Crippen LogP contribution >= 0.6 is 0 Å². The van der Waals surface area contributed by atoms with Crippen molar-refractivity contribution in [1.82, 2.24) is 57.7 Å². The van der Waals surface area contributed by atoms with E-state index in [2.05, 4.69) is 69.8 Å². The van der Waals surface area contributed by atoms with E-state index in [4.69, 9.17) is 5.73 Å². The number of amides is 1. The number of fused-ring (bicyclic) bond motifs is 3. The Morgan fingerprint density at radius 1 is 0.712 bits per heavy atom. The molecule has 3 heterocycles. The Labute approximate surface area is 352 Å². The average Bonchev–Trinajstić information content (AvgIpc) is 3.64. The van der Waals surface area contributed by atoms with Gasteiger partial charge in [-0.3, -0.25) is 14.6 Å². The molecule has 0 aromatic heterocycles. The summed E-state index contributed by atoms with van der Waals surface area (Å²) in [5.41, 5.74) is 6.20. The number of carbonyl (C=O) groups excluding carboxylic acids is 1. The Bertz CT molecular complexity index is 1330. The van der Waals surface area contributed by atoms with Gasteiger partial charge in [-0.1, -0.05) is 24.3 Å². The Morgan fingerprint density at radius 2 is 1.39 bits per heavy atom. The number of hydrogen-bond donors (Lipinski definition) is 10. The van der Waals surface area contributed by atoms with Gasteiger partial charge >= 0.3 is 6.18 Å². The molecule has 2 saturated heterocycles. The Morgan fingerprint density at radius 3 is 2.10 bits per heavy atom. The second kappa shape index (κ2) is 26.3. The van der Waals surface area contributed by atoms with E-state index in [1.165, 1.54) is 44.2 Å². The molecule has 5 unspecified atom stereocenters. The molecule has 11 N–H and O–H groups in total. The Balaban J connectivity index is 1.15. The molecule has 1 spiro atoms. The van der Waals surface area contributed by atoms with Crippen LogP contribution in [0, 0.1) is 0 Å². The summed E-state index contributed by atoms with van der Waals surface area (Å²) in [6.45, 7) is 16.6. The quantitative estimate of drug-likeness (QED) is 0.194. The molecule has 3 aliphatic heterocycles. The van der Waals surface area contributed by atoms with Crippen molar-refractivity contribution >= 4 is 5.91 Å². The summed E-state index contributed by atoms with van der Waals surface area (Å²) in [5.74, 6) is -0.303. The molecule has 5 rings (SSSR count). The van der Waals surface area contributed by atoms with E-state index < -0.39 is 11.7 Å². The summed E-state index contributed by atoms with van der Waals surface area (Å²) in [6, 6.07) is 6.37. The van der Waals surface area contributed by atoms with Gasteiger partial charge in [0.05, 0.1) is 11.6 Å². The van der Waals surface area contributed by atoms with Crippen LogP contribution in [0.25, 0.3) is 0 Å². The number of benzene rings is 1. The molecular formula is C43H77F3N12O. The number of hydrogen-bond acceptors (Lipinski definition) is 12. The largest absolute Gasteiger partial charge is 0.416 e. The van der Waals surface area contributed by atoms with Crippen molar-refractivity contribution in [3.05, 3.63) is 47.5 Å². The summed E-state index contributed by atoms with van der Waals surface area (Å²) >= 11 is 0. The molecule has 1 saturated carbocycles. The zero-order valence-electron chi connectivity index (χ0n) is 35.6. The summed E-state index contributed by atoms with van der Waals surface area (Å²) in [5, 5.41) is 32.6. The van der Waals surface area contributed by atoms with Gasteiger partial charge in [-0.2, -0.15) is 13.2 Å². The lowest BCUT2D eigenvalue weighted by atomic mass is 9.76. The van der Waals surface area contributed by atoms with Crippen molar-refractivity contribution in [1.29, 1.82) is 0 Å². The number of nitrogens with one attached hydrogen (secondary N) is 9. The van der Waals surface area contributed by atoms with E-state index >= 15 is 0 Å². The van der Waals surface area contributed by atoms with Gasteiger partial charge in [0.15, 0.2) is 0 Å². The fourth-order valence-corrected chi connectivity index (χ4v) is 8.89. The summed E-state index contributed by atoms with van der Waals surface area (Å²) in [6.07, 6.45) is 9.54. The fraction of sp³-hybridized carbons (Fsp3) is 0.791. The second-order valence-corrected chi connectivity index (χ2v) is 17.1. The SMILES string of the molecule is NC(=O)C1CCNCCNCCNCCNC2CC=CCCN(C2)C(Cc2ccc(C(F)(F)F)cc2)CNCCNCCN2CCCC2CNC2(CCC2)CNCCN1. The molecule has 1 aliphatic carbocycles. The maximum Gasteiger partial charge on any atom is 0.416 e. The number of carbonyl (C=O) groups is 1. The van der Waals surface area contributed by atoms with Crippen LogP contribution in [0.4, 0.5) is 13.2 Å². The highest BCUT2D eigenvalue weighted by Gasteiger charge is 2.37. The van der Waals surface area contributed by atoms with E-state index in [0.29, 0.717) is 25.4 Å². The summed E-state index contributed by atoms with van der Waals surface area (Å²) < 4.78 is 40.1. The molecule has 4 aliphatic rings. The van der Waals surface area contributed by atoms with Crippen LogP contribution in [0.3, 0.4) is 0 Å². The molecule has 0 radical (unpaired) electrons. The molecule has 3 fully saturated rings. The molecule has 1 amide bonds. The van der Waals surface area contributed by atoms with Crippen molar-refractivity contribution in [3.8, 4) is 0 Å². The zero-order valence-corrected chi connectivity index (χ0v) is 35.6. The minimum absolute atomic E-state index is 0.150. The first-order valence-corrected chi connectivity index (χ1v) is 22.8. The van der Waals surface area contributed by atoms with Crippen molar-refractivity contribution in [2.75, 3.05) is 124 Å². The molecule has 1 aromatic carbocycles. The zero-order chi connectivity index (χ0) is 41.6. The van der Waals surface area contributed by atoms with Gasteiger partial charge in [0, 0.05) is 135 Å². The highest BCUT2D eigenvalue weighted by atomic mass is 19.4. The lowest BCUT2D eigenvalue weighted by molar-refractivity contribution is -0.137. The average molecular weight is 835 g/mol. The molecule has 13 nitrogen and oxygen atoms in total. The van der Waals surface area contributed by atoms with E-state index in [-0.39, 0.29) is 29.6 Å². The lowest BCUT2D eigenvalue weighted by Crippen LogP contribution is -2.60. The number of primary amides is 1. The molecule has 2 bridgehead atoms. The van der Waals surface area contributed by atoms with Gasteiger partial charge in [0.25, 0.3) is 0 Å². The van der Waals surface area contributed by atoms with Gasteiger partial charge in [0.2, 0.25) is 5.91 Å². The predicted molar refractivity (Wildman–Crippen MR) is 233 cm³/mol. The number of nitrogens with zero attached hydrogens (tertiary/aromatic N) is 2. The standard InChI is InChI=1S/C43H77F3N12O/c44-43(45,46)36-10-8-35(9-11-36)30-39-31-52-21-20-51-26-29-57-28-4-7-38(57)32-56-42(13-5-14-42)34-53-23-25-55-40(41(47)59)12-15-48-16-17-49-18-19-50-22-24-54-37-6-2-1-3-27-58(39)33-37/h1-2,8-11,37-40,48-56H,3-7,12-34H2,(H2,47,59). The summed E-state index contributed by atoms with van der Waals surface area (Å²) in [7, 11) is 0. The van der Waals surface area contributed by atoms with Crippen molar-refractivity contribution in [2.45, 2.75) is 93.7 Å². The predicted octanol–water partition coefficient (Wildman–Crippen LogP) is 0.588. The van der Waals surface area contributed by atoms with Crippen molar-refractivity contribution in [2.24, 2.45) is 5.73 Å². The molecule has 59 heavy (non-hydrogen) atoms. The molecule has 5 atom stereocenters. The monoisotopic (exact) mass is 835 g/mol. The van der Waals surface area contributed by atoms with E-state index in [1.807, 2.05) is 0 Å². The molecule has 1 aromatic rings. The maximum atomic E-state index is 13.4. The number of nitrogens with two attached hydrogens (primary N) is 1. The summed E-state index contributed by atoms with van der Waals surface area (Å²) in [4.78, 5) is 17.3.